The SMILES string of the molecule is CN1CCNCC1c1noc(/C=C/c2cn(C)c(=O)n(C)c2=O)n1.Cl. The summed E-state index contributed by atoms with van der Waals surface area (Å²) >= 11 is 0. The van der Waals surface area contributed by atoms with Gasteiger partial charge in [-0.15, -0.1) is 12.4 Å². The predicted octanol–water partition coefficient (Wildman–Crippen LogP) is -0.365. The molecule has 0 spiro atoms. The second-order valence-electron chi connectivity index (χ2n) is 5.87. The van der Waals surface area contributed by atoms with Gasteiger partial charge in [0.05, 0.1) is 11.6 Å². The molecule has 25 heavy (non-hydrogen) atoms. The number of halogens is 1. The van der Waals surface area contributed by atoms with Gasteiger partial charge in [-0.3, -0.25) is 14.3 Å². The Morgan fingerprint density at radius 3 is 2.76 bits per heavy atom. The Kier molecular flexibility index (Phi) is 5.93. The first kappa shape index (κ1) is 19.1. The lowest BCUT2D eigenvalue weighted by Gasteiger charge is -2.30. The number of hydrogen-bond acceptors (Lipinski definition) is 7. The summed E-state index contributed by atoms with van der Waals surface area (Å²) in [6.07, 6.45) is 4.63. The van der Waals surface area contributed by atoms with Gasteiger partial charge in [0.25, 0.3) is 11.4 Å². The van der Waals surface area contributed by atoms with Crippen LogP contribution in [0.5, 0.6) is 0 Å². The summed E-state index contributed by atoms with van der Waals surface area (Å²) in [5.74, 6) is 0.928. The van der Waals surface area contributed by atoms with Crippen LogP contribution >= 0.6 is 12.4 Å². The minimum atomic E-state index is -0.370. The first-order valence-electron chi connectivity index (χ1n) is 7.66. The maximum absolute atomic E-state index is 12.1. The third kappa shape index (κ3) is 3.89. The number of nitrogens with zero attached hydrogens (tertiary/aromatic N) is 5. The van der Waals surface area contributed by atoms with Crippen molar-refractivity contribution in [1.82, 2.24) is 29.5 Å². The molecule has 10 heteroatoms. The normalized spacial score (nSPS) is 18.4. The summed E-state index contributed by atoms with van der Waals surface area (Å²) in [6.45, 7) is 2.62. The van der Waals surface area contributed by atoms with Gasteiger partial charge in [-0.05, 0) is 13.1 Å². The van der Waals surface area contributed by atoms with E-state index in [-0.39, 0.29) is 29.7 Å². The van der Waals surface area contributed by atoms with Crippen LogP contribution in [0.15, 0.2) is 20.3 Å². The average molecular weight is 369 g/mol. The van der Waals surface area contributed by atoms with Crippen LogP contribution in [-0.4, -0.2) is 50.9 Å². The molecular formula is C15H21ClN6O3. The smallest absolute Gasteiger partial charge is 0.330 e. The molecule has 1 saturated heterocycles. The topological polar surface area (TPSA) is 98.2 Å². The van der Waals surface area contributed by atoms with E-state index in [1.54, 1.807) is 19.2 Å². The summed E-state index contributed by atoms with van der Waals surface area (Å²) in [6, 6.07) is 0.0649. The molecule has 0 saturated carbocycles. The van der Waals surface area contributed by atoms with Crippen molar-refractivity contribution in [3.05, 3.63) is 44.3 Å². The first-order chi connectivity index (χ1) is 11.5. The van der Waals surface area contributed by atoms with E-state index in [0.717, 1.165) is 24.2 Å². The standard InChI is InChI=1S/C15H20N6O3.ClH/c1-19-7-6-16-8-11(19)13-17-12(24-18-13)5-4-10-9-20(2)15(23)21(3)14(10)22;/h4-5,9,11,16H,6-8H2,1-3H3;1H/b5-4+;. The van der Waals surface area contributed by atoms with Crippen molar-refractivity contribution in [2.75, 3.05) is 26.7 Å². The van der Waals surface area contributed by atoms with E-state index in [1.807, 2.05) is 7.05 Å². The summed E-state index contributed by atoms with van der Waals surface area (Å²) < 4.78 is 7.64. The van der Waals surface area contributed by atoms with Gasteiger partial charge in [0.1, 0.15) is 0 Å². The van der Waals surface area contributed by atoms with Crippen LogP contribution < -0.4 is 16.6 Å². The molecule has 9 nitrogen and oxygen atoms in total. The van der Waals surface area contributed by atoms with Crippen molar-refractivity contribution in [2.45, 2.75) is 6.04 Å². The van der Waals surface area contributed by atoms with Crippen LogP contribution in [0.2, 0.25) is 0 Å². The van der Waals surface area contributed by atoms with E-state index in [0.29, 0.717) is 17.3 Å². The fraction of sp³-hybridized carbons (Fsp3) is 0.467. The summed E-state index contributed by atoms with van der Waals surface area (Å²) in [5, 5.41) is 7.31. The molecule has 1 fully saturated rings. The molecule has 3 heterocycles. The zero-order valence-corrected chi connectivity index (χ0v) is 15.1. The second kappa shape index (κ2) is 7.77. The van der Waals surface area contributed by atoms with E-state index < -0.39 is 0 Å². The van der Waals surface area contributed by atoms with E-state index in [2.05, 4.69) is 20.4 Å². The van der Waals surface area contributed by atoms with E-state index >= 15 is 0 Å². The van der Waals surface area contributed by atoms with Gasteiger partial charge < -0.3 is 14.4 Å². The number of aromatic nitrogens is 4. The van der Waals surface area contributed by atoms with Crippen molar-refractivity contribution in [2.24, 2.45) is 14.1 Å². The Morgan fingerprint density at radius 1 is 1.28 bits per heavy atom. The minimum Gasteiger partial charge on any atom is -0.335 e. The molecule has 136 valence electrons. The fourth-order valence-electron chi connectivity index (χ4n) is 2.66. The Bertz CT molecular complexity index is 884. The van der Waals surface area contributed by atoms with Crippen LogP contribution in [0.4, 0.5) is 0 Å². The summed E-state index contributed by atoms with van der Waals surface area (Å²) in [7, 11) is 5.06. The Hall–Kier alpha value is -2.23. The fourth-order valence-corrected chi connectivity index (χ4v) is 2.66. The Labute approximate surface area is 150 Å². The molecule has 0 radical (unpaired) electrons. The lowest BCUT2D eigenvalue weighted by molar-refractivity contribution is 0.190. The van der Waals surface area contributed by atoms with E-state index in [1.165, 1.54) is 17.8 Å². The average Bonchev–Trinajstić information content (AvgIpc) is 3.04. The highest BCUT2D eigenvalue weighted by molar-refractivity contribution is 5.85. The van der Waals surface area contributed by atoms with Crippen molar-refractivity contribution in [3.8, 4) is 0 Å². The van der Waals surface area contributed by atoms with Crippen LogP contribution in [-0.2, 0) is 14.1 Å². The van der Waals surface area contributed by atoms with Crippen LogP contribution in [0.1, 0.15) is 23.3 Å². The zero-order valence-electron chi connectivity index (χ0n) is 14.3. The molecule has 1 aliphatic heterocycles. The molecule has 1 atom stereocenters. The lowest BCUT2D eigenvalue weighted by atomic mass is 10.2. The number of piperazine rings is 1. The molecule has 1 unspecified atom stereocenters. The van der Waals surface area contributed by atoms with Crippen LogP contribution in [0, 0.1) is 0 Å². The molecule has 3 rings (SSSR count). The molecule has 2 aromatic heterocycles. The molecule has 0 amide bonds. The predicted molar refractivity (Wildman–Crippen MR) is 95.6 cm³/mol. The molecular weight excluding hydrogens is 348 g/mol. The maximum Gasteiger partial charge on any atom is 0.330 e. The molecule has 0 bridgehead atoms. The molecule has 2 aromatic rings. The molecule has 1 aliphatic rings. The van der Waals surface area contributed by atoms with Gasteiger partial charge in [-0.2, -0.15) is 4.98 Å². The lowest BCUT2D eigenvalue weighted by Crippen LogP contribution is -2.44. The van der Waals surface area contributed by atoms with E-state index in [4.69, 9.17) is 4.52 Å². The summed E-state index contributed by atoms with van der Waals surface area (Å²) in [4.78, 5) is 30.3. The van der Waals surface area contributed by atoms with Crippen molar-refractivity contribution < 1.29 is 4.52 Å². The molecule has 1 N–H and O–H groups in total. The Morgan fingerprint density at radius 2 is 2.04 bits per heavy atom. The number of likely N-dealkylation sites (N-methyl/N-ethyl adjacent to an activating group) is 1. The van der Waals surface area contributed by atoms with Gasteiger partial charge >= 0.3 is 5.69 Å². The highest BCUT2D eigenvalue weighted by atomic mass is 35.5. The second-order valence-corrected chi connectivity index (χ2v) is 5.87. The van der Waals surface area contributed by atoms with Gasteiger partial charge in [0.15, 0.2) is 5.82 Å². The molecule has 0 aliphatic carbocycles. The van der Waals surface area contributed by atoms with Gasteiger partial charge in [0, 0.05) is 46.0 Å². The highest BCUT2D eigenvalue weighted by Crippen LogP contribution is 2.18. The Balaban J connectivity index is 0.00000225. The van der Waals surface area contributed by atoms with E-state index in [9.17, 15) is 9.59 Å². The maximum atomic E-state index is 12.1. The third-order valence-electron chi connectivity index (χ3n) is 4.14. The molecule has 0 aromatic carbocycles. The van der Waals surface area contributed by atoms with Crippen LogP contribution in [0.25, 0.3) is 12.2 Å². The third-order valence-corrected chi connectivity index (χ3v) is 4.14. The van der Waals surface area contributed by atoms with Crippen LogP contribution in [0.3, 0.4) is 0 Å². The largest absolute Gasteiger partial charge is 0.335 e. The number of rotatable bonds is 3. The zero-order chi connectivity index (χ0) is 17.3. The van der Waals surface area contributed by atoms with Crippen molar-refractivity contribution >= 4 is 24.6 Å². The number of nitrogens with one attached hydrogen (secondary N) is 1. The first-order valence-corrected chi connectivity index (χ1v) is 7.66. The van der Waals surface area contributed by atoms with Gasteiger partial charge in [0.2, 0.25) is 0 Å². The summed E-state index contributed by atoms with van der Waals surface area (Å²) in [5.41, 5.74) is -0.369. The number of aryl methyl sites for hydroxylation is 1. The highest BCUT2D eigenvalue weighted by Gasteiger charge is 2.24. The van der Waals surface area contributed by atoms with Crippen molar-refractivity contribution in [3.63, 3.8) is 0 Å². The van der Waals surface area contributed by atoms with Crippen molar-refractivity contribution in [1.29, 1.82) is 0 Å². The van der Waals surface area contributed by atoms with Gasteiger partial charge in [-0.25, -0.2) is 4.79 Å². The quantitative estimate of drug-likeness (QED) is 0.789. The van der Waals surface area contributed by atoms with Gasteiger partial charge in [-0.1, -0.05) is 5.16 Å². The monoisotopic (exact) mass is 368 g/mol. The minimum absolute atomic E-state index is 0. The number of hydrogen-bond donors (Lipinski definition) is 1.